The molecule has 7 nitrogen and oxygen atoms in total. The summed E-state index contributed by atoms with van der Waals surface area (Å²) in [5.41, 5.74) is 2.22. The van der Waals surface area contributed by atoms with Crippen molar-refractivity contribution >= 4 is 23.3 Å². The van der Waals surface area contributed by atoms with E-state index in [-0.39, 0.29) is 24.1 Å². The van der Waals surface area contributed by atoms with Crippen molar-refractivity contribution in [3.63, 3.8) is 0 Å². The first-order chi connectivity index (χ1) is 14.0. The largest absolute Gasteiger partial charge is 0.377 e. The van der Waals surface area contributed by atoms with Gasteiger partial charge in [0.2, 0.25) is 5.91 Å². The van der Waals surface area contributed by atoms with E-state index < -0.39 is 5.41 Å². The van der Waals surface area contributed by atoms with Gasteiger partial charge in [-0.15, -0.1) is 0 Å². The summed E-state index contributed by atoms with van der Waals surface area (Å²) in [7, 11) is 3.96. The predicted molar refractivity (Wildman–Crippen MR) is 122 cm³/mol. The Bertz CT molecular complexity index is 734. The smallest absolute Gasteiger partial charge is 0.319 e. The SMILES string of the molecule is CC(C)NC(=O)Nc1ccc(N(C)C)c(CN(C[C@H]2CCCO2)C(=O)C(C)(C)C)c1. The second-order valence-corrected chi connectivity index (χ2v) is 9.56. The third-order valence-electron chi connectivity index (χ3n) is 4.98. The van der Waals surface area contributed by atoms with Crippen LogP contribution in [0.15, 0.2) is 18.2 Å². The summed E-state index contributed by atoms with van der Waals surface area (Å²) in [5, 5.41) is 5.72. The van der Waals surface area contributed by atoms with Gasteiger partial charge in [0.15, 0.2) is 0 Å². The highest BCUT2D eigenvalue weighted by molar-refractivity contribution is 5.90. The van der Waals surface area contributed by atoms with Gasteiger partial charge in [-0.1, -0.05) is 20.8 Å². The lowest BCUT2D eigenvalue weighted by Gasteiger charge is -2.32. The normalized spacial score (nSPS) is 16.5. The van der Waals surface area contributed by atoms with Crippen LogP contribution in [0.3, 0.4) is 0 Å². The Morgan fingerprint density at radius 2 is 1.93 bits per heavy atom. The molecule has 0 aromatic heterocycles. The summed E-state index contributed by atoms with van der Waals surface area (Å²) in [6.07, 6.45) is 2.10. The van der Waals surface area contributed by atoms with Crippen LogP contribution in [0, 0.1) is 5.41 Å². The van der Waals surface area contributed by atoms with Crippen molar-refractivity contribution in [2.24, 2.45) is 5.41 Å². The molecule has 0 saturated carbocycles. The molecule has 7 heteroatoms. The number of nitrogens with zero attached hydrogens (tertiary/aromatic N) is 2. The molecule has 30 heavy (non-hydrogen) atoms. The van der Waals surface area contributed by atoms with Gasteiger partial charge in [-0.3, -0.25) is 4.79 Å². The van der Waals surface area contributed by atoms with E-state index in [1.807, 2.05) is 76.7 Å². The van der Waals surface area contributed by atoms with Crippen molar-refractivity contribution in [2.75, 3.05) is 37.5 Å². The first-order valence-corrected chi connectivity index (χ1v) is 10.8. The van der Waals surface area contributed by atoms with Crippen molar-refractivity contribution in [3.05, 3.63) is 23.8 Å². The van der Waals surface area contributed by atoms with Gasteiger partial charge >= 0.3 is 6.03 Å². The number of hydrogen-bond donors (Lipinski definition) is 2. The second-order valence-electron chi connectivity index (χ2n) is 9.56. The topological polar surface area (TPSA) is 73.9 Å². The number of urea groups is 1. The van der Waals surface area contributed by atoms with E-state index in [0.29, 0.717) is 18.8 Å². The molecule has 1 saturated heterocycles. The van der Waals surface area contributed by atoms with Crippen LogP contribution in [0.4, 0.5) is 16.2 Å². The minimum atomic E-state index is -0.482. The fraction of sp³-hybridized carbons (Fsp3) is 0.652. The van der Waals surface area contributed by atoms with E-state index in [2.05, 4.69) is 10.6 Å². The molecule has 0 aliphatic carbocycles. The summed E-state index contributed by atoms with van der Waals surface area (Å²) >= 11 is 0. The highest BCUT2D eigenvalue weighted by Gasteiger charge is 2.30. The van der Waals surface area contributed by atoms with Gasteiger partial charge in [0.05, 0.1) is 6.10 Å². The van der Waals surface area contributed by atoms with E-state index in [9.17, 15) is 9.59 Å². The molecule has 1 aromatic carbocycles. The molecule has 168 valence electrons. The van der Waals surface area contributed by atoms with Crippen LogP contribution in [0.25, 0.3) is 0 Å². The Balaban J connectivity index is 2.29. The van der Waals surface area contributed by atoms with E-state index in [4.69, 9.17) is 4.74 Å². The summed E-state index contributed by atoms with van der Waals surface area (Å²) < 4.78 is 5.81. The maximum atomic E-state index is 13.2. The molecule has 1 heterocycles. The Morgan fingerprint density at radius 3 is 2.47 bits per heavy atom. The Morgan fingerprint density at radius 1 is 1.23 bits per heavy atom. The fourth-order valence-corrected chi connectivity index (χ4v) is 3.59. The molecule has 1 fully saturated rings. The molecule has 0 spiro atoms. The quantitative estimate of drug-likeness (QED) is 0.706. The number of carbonyl (C=O) groups is 2. The maximum absolute atomic E-state index is 13.2. The number of anilines is 2. The number of amides is 3. The maximum Gasteiger partial charge on any atom is 0.319 e. The van der Waals surface area contributed by atoms with E-state index in [1.165, 1.54) is 0 Å². The molecule has 0 bridgehead atoms. The van der Waals surface area contributed by atoms with Crippen molar-refractivity contribution in [2.45, 2.75) is 66.2 Å². The van der Waals surface area contributed by atoms with Crippen LogP contribution in [0.5, 0.6) is 0 Å². The number of rotatable bonds is 7. The van der Waals surface area contributed by atoms with Gasteiger partial charge in [-0.25, -0.2) is 4.79 Å². The van der Waals surface area contributed by atoms with E-state index >= 15 is 0 Å². The number of carbonyl (C=O) groups excluding carboxylic acids is 2. The zero-order valence-corrected chi connectivity index (χ0v) is 19.5. The predicted octanol–water partition coefficient (Wildman–Crippen LogP) is 3.84. The lowest BCUT2D eigenvalue weighted by molar-refractivity contribution is -0.141. The van der Waals surface area contributed by atoms with Crippen molar-refractivity contribution < 1.29 is 14.3 Å². The molecule has 3 amide bonds. The molecule has 1 aromatic rings. The third kappa shape index (κ3) is 6.90. The lowest BCUT2D eigenvalue weighted by atomic mass is 9.94. The third-order valence-corrected chi connectivity index (χ3v) is 4.98. The zero-order chi connectivity index (χ0) is 22.5. The van der Waals surface area contributed by atoms with Crippen molar-refractivity contribution in [1.29, 1.82) is 0 Å². The highest BCUT2D eigenvalue weighted by Crippen LogP contribution is 2.28. The lowest BCUT2D eigenvalue weighted by Crippen LogP contribution is -2.43. The summed E-state index contributed by atoms with van der Waals surface area (Å²) in [5.74, 6) is 0.0959. The van der Waals surface area contributed by atoms with Crippen LogP contribution in [-0.4, -0.2) is 56.2 Å². The van der Waals surface area contributed by atoms with Gasteiger partial charge < -0.3 is 25.2 Å². The Kier molecular flexibility index (Phi) is 8.12. The molecule has 2 N–H and O–H groups in total. The van der Waals surface area contributed by atoms with Crippen LogP contribution >= 0.6 is 0 Å². The average molecular weight is 419 g/mol. The van der Waals surface area contributed by atoms with E-state index in [1.54, 1.807) is 0 Å². The summed E-state index contributed by atoms with van der Waals surface area (Å²) in [6.45, 7) is 11.5. The molecule has 1 aliphatic rings. The van der Waals surface area contributed by atoms with Crippen LogP contribution in [0.2, 0.25) is 0 Å². The van der Waals surface area contributed by atoms with Gasteiger partial charge in [0.25, 0.3) is 0 Å². The number of benzene rings is 1. The molecule has 0 radical (unpaired) electrons. The number of ether oxygens (including phenoxy) is 1. The fourth-order valence-electron chi connectivity index (χ4n) is 3.59. The van der Waals surface area contributed by atoms with Crippen LogP contribution in [-0.2, 0) is 16.1 Å². The van der Waals surface area contributed by atoms with Crippen LogP contribution in [0.1, 0.15) is 53.0 Å². The minimum absolute atomic E-state index is 0.0526. The molecule has 1 atom stereocenters. The highest BCUT2D eigenvalue weighted by atomic mass is 16.5. The van der Waals surface area contributed by atoms with Gasteiger partial charge in [-0.2, -0.15) is 0 Å². The Labute approximate surface area is 181 Å². The molecule has 2 rings (SSSR count). The van der Waals surface area contributed by atoms with Gasteiger partial charge in [0, 0.05) is 56.6 Å². The van der Waals surface area contributed by atoms with Gasteiger partial charge in [-0.05, 0) is 50.5 Å². The second kappa shape index (κ2) is 10.2. The minimum Gasteiger partial charge on any atom is -0.377 e. The summed E-state index contributed by atoms with van der Waals surface area (Å²) in [6, 6.07) is 5.63. The van der Waals surface area contributed by atoms with Crippen molar-refractivity contribution in [1.82, 2.24) is 10.2 Å². The summed E-state index contributed by atoms with van der Waals surface area (Å²) in [4.78, 5) is 29.3. The monoisotopic (exact) mass is 418 g/mol. The zero-order valence-electron chi connectivity index (χ0n) is 19.5. The first kappa shape index (κ1) is 24.0. The molecular weight excluding hydrogens is 380 g/mol. The average Bonchev–Trinajstić information content (AvgIpc) is 3.12. The standard InChI is InChI=1S/C23H38N4O3/c1-16(2)24-22(29)25-18-10-11-20(26(6)7)17(13-18)14-27(21(28)23(3,4)5)15-19-9-8-12-30-19/h10-11,13,16,19H,8-9,12,14-15H2,1-7H3,(H2,24,25,29)/t19-/m1/s1. The van der Waals surface area contributed by atoms with E-state index in [0.717, 1.165) is 30.7 Å². The number of nitrogens with one attached hydrogen (secondary N) is 2. The van der Waals surface area contributed by atoms with Crippen LogP contribution < -0.4 is 15.5 Å². The Hall–Kier alpha value is -2.28. The molecular formula is C23H38N4O3. The number of hydrogen-bond acceptors (Lipinski definition) is 4. The molecule has 1 aliphatic heterocycles. The van der Waals surface area contributed by atoms with Gasteiger partial charge in [0.1, 0.15) is 0 Å². The van der Waals surface area contributed by atoms with Crippen molar-refractivity contribution in [3.8, 4) is 0 Å². The molecule has 0 unspecified atom stereocenters. The first-order valence-electron chi connectivity index (χ1n) is 10.8.